The zero-order chi connectivity index (χ0) is 15.6. The number of thioether (sulfide) groups is 1. The van der Waals surface area contributed by atoms with Crippen molar-refractivity contribution in [1.82, 2.24) is 13.9 Å². The molecule has 7 heteroatoms. The van der Waals surface area contributed by atoms with Crippen LogP contribution in [0.15, 0.2) is 28.3 Å². The molecule has 0 bridgehead atoms. The second-order valence-corrected chi connectivity index (χ2v) is 7.97. The molecule has 0 radical (unpaired) electrons. The summed E-state index contributed by atoms with van der Waals surface area (Å²) in [5, 5.41) is 0.929. The zero-order valence-corrected chi connectivity index (χ0v) is 14.5. The third-order valence-electron chi connectivity index (χ3n) is 3.38. The molecule has 5 nitrogen and oxygen atoms in total. The summed E-state index contributed by atoms with van der Waals surface area (Å²) in [6.45, 7) is 3.06. The number of benzene rings is 1. The SMILES string of the molecule is CCCCn1c(SC)nc2cc(S(=O)(=O)N(C)C)ccc21. The van der Waals surface area contributed by atoms with Crippen LogP contribution in [0.3, 0.4) is 0 Å². The monoisotopic (exact) mass is 327 g/mol. The van der Waals surface area contributed by atoms with Gasteiger partial charge in [0.1, 0.15) is 0 Å². The molecular weight excluding hydrogens is 306 g/mol. The lowest BCUT2D eigenvalue weighted by Crippen LogP contribution is -2.22. The van der Waals surface area contributed by atoms with E-state index >= 15 is 0 Å². The van der Waals surface area contributed by atoms with E-state index in [1.807, 2.05) is 12.3 Å². The van der Waals surface area contributed by atoms with Crippen LogP contribution in [0.5, 0.6) is 0 Å². The van der Waals surface area contributed by atoms with E-state index in [2.05, 4.69) is 16.5 Å². The van der Waals surface area contributed by atoms with Crippen LogP contribution in [-0.4, -0.2) is 42.6 Å². The first-order chi connectivity index (χ1) is 9.91. The van der Waals surface area contributed by atoms with Crippen LogP contribution in [-0.2, 0) is 16.6 Å². The van der Waals surface area contributed by atoms with E-state index in [0.29, 0.717) is 0 Å². The molecule has 0 spiro atoms. The predicted molar refractivity (Wildman–Crippen MR) is 87.3 cm³/mol. The van der Waals surface area contributed by atoms with Crippen molar-refractivity contribution in [3.63, 3.8) is 0 Å². The lowest BCUT2D eigenvalue weighted by Gasteiger charge is -2.11. The standard InChI is InChI=1S/C14H21N3O2S2/c1-5-6-9-17-13-8-7-11(21(18,19)16(2)3)10-12(13)15-14(17)20-4/h7-8,10H,5-6,9H2,1-4H3. The Bertz CT molecular complexity index is 736. The molecule has 0 amide bonds. The van der Waals surface area contributed by atoms with E-state index in [0.717, 1.165) is 35.6 Å². The molecule has 0 unspecified atom stereocenters. The first-order valence-electron chi connectivity index (χ1n) is 6.88. The van der Waals surface area contributed by atoms with Crippen molar-refractivity contribution in [3.8, 4) is 0 Å². The minimum Gasteiger partial charge on any atom is -0.319 e. The number of aryl methyl sites for hydroxylation is 1. The van der Waals surface area contributed by atoms with Gasteiger partial charge in [-0.2, -0.15) is 0 Å². The molecule has 1 aromatic heterocycles. The van der Waals surface area contributed by atoms with Crippen molar-refractivity contribution in [1.29, 1.82) is 0 Å². The molecule has 1 aromatic carbocycles. The highest BCUT2D eigenvalue weighted by Gasteiger charge is 2.19. The Kier molecular flexibility index (Phi) is 4.95. The Hall–Kier alpha value is -1.05. The second kappa shape index (κ2) is 6.37. The average Bonchev–Trinajstić information content (AvgIpc) is 2.81. The van der Waals surface area contributed by atoms with Gasteiger partial charge in [-0.3, -0.25) is 0 Å². The van der Waals surface area contributed by atoms with Crippen molar-refractivity contribution < 1.29 is 8.42 Å². The fourth-order valence-electron chi connectivity index (χ4n) is 2.15. The molecule has 2 rings (SSSR count). The Labute approximate surface area is 130 Å². The van der Waals surface area contributed by atoms with E-state index in [9.17, 15) is 8.42 Å². The number of rotatable bonds is 6. The first kappa shape index (κ1) is 16.3. The highest BCUT2D eigenvalue weighted by Crippen LogP contribution is 2.26. The summed E-state index contributed by atoms with van der Waals surface area (Å²) < 4.78 is 27.8. The minimum atomic E-state index is -3.42. The van der Waals surface area contributed by atoms with E-state index in [1.54, 1.807) is 23.9 Å². The molecular formula is C14H21N3O2S2. The van der Waals surface area contributed by atoms with Crippen LogP contribution < -0.4 is 0 Å². The number of hydrogen-bond acceptors (Lipinski definition) is 4. The Morgan fingerprint density at radius 1 is 1.33 bits per heavy atom. The van der Waals surface area contributed by atoms with Crippen LogP contribution in [0.4, 0.5) is 0 Å². The lowest BCUT2D eigenvalue weighted by molar-refractivity contribution is 0.521. The number of imidazole rings is 1. The van der Waals surface area contributed by atoms with E-state index in [4.69, 9.17) is 0 Å². The van der Waals surface area contributed by atoms with Gasteiger partial charge in [0.2, 0.25) is 10.0 Å². The molecule has 0 saturated carbocycles. The predicted octanol–water partition coefficient (Wildman–Crippen LogP) is 2.81. The van der Waals surface area contributed by atoms with Crippen molar-refractivity contribution in [2.24, 2.45) is 0 Å². The molecule has 21 heavy (non-hydrogen) atoms. The van der Waals surface area contributed by atoms with Gasteiger partial charge in [0.05, 0.1) is 15.9 Å². The Balaban J connectivity index is 2.55. The number of sulfonamides is 1. The fraction of sp³-hybridized carbons (Fsp3) is 0.500. The quantitative estimate of drug-likeness (QED) is 0.766. The van der Waals surface area contributed by atoms with Crippen molar-refractivity contribution >= 4 is 32.8 Å². The summed E-state index contributed by atoms with van der Waals surface area (Å²) in [4.78, 5) is 4.85. The summed E-state index contributed by atoms with van der Waals surface area (Å²) in [5.74, 6) is 0. The molecule has 0 aliphatic rings. The van der Waals surface area contributed by atoms with Crippen LogP contribution >= 0.6 is 11.8 Å². The maximum Gasteiger partial charge on any atom is 0.242 e. The smallest absolute Gasteiger partial charge is 0.242 e. The van der Waals surface area contributed by atoms with Gasteiger partial charge in [0.15, 0.2) is 5.16 Å². The second-order valence-electron chi connectivity index (χ2n) is 5.04. The Morgan fingerprint density at radius 2 is 2.05 bits per heavy atom. The molecule has 0 saturated heterocycles. The Morgan fingerprint density at radius 3 is 2.62 bits per heavy atom. The van der Waals surface area contributed by atoms with E-state index in [1.165, 1.54) is 18.4 Å². The lowest BCUT2D eigenvalue weighted by atomic mass is 10.3. The fourth-order valence-corrected chi connectivity index (χ4v) is 3.67. The summed E-state index contributed by atoms with van der Waals surface area (Å²) in [7, 11) is -0.349. The summed E-state index contributed by atoms with van der Waals surface area (Å²) in [6, 6.07) is 5.17. The number of hydrogen-bond donors (Lipinski definition) is 0. The molecule has 0 aliphatic carbocycles. The maximum absolute atomic E-state index is 12.2. The molecule has 0 N–H and O–H groups in total. The van der Waals surface area contributed by atoms with Crippen LogP contribution in [0, 0.1) is 0 Å². The zero-order valence-electron chi connectivity index (χ0n) is 12.8. The largest absolute Gasteiger partial charge is 0.319 e. The number of nitrogens with zero attached hydrogens (tertiary/aromatic N) is 3. The highest BCUT2D eigenvalue weighted by atomic mass is 32.2. The third-order valence-corrected chi connectivity index (χ3v) is 5.87. The maximum atomic E-state index is 12.2. The highest BCUT2D eigenvalue weighted by molar-refractivity contribution is 7.98. The number of unbranched alkanes of at least 4 members (excludes halogenated alkanes) is 1. The van der Waals surface area contributed by atoms with Gasteiger partial charge in [-0.1, -0.05) is 25.1 Å². The minimum absolute atomic E-state index is 0.285. The van der Waals surface area contributed by atoms with Crippen molar-refractivity contribution in [2.75, 3.05) is 20.4 Å². The molecule has 116 valence electrons. The summed E-state index contributed by atoms with van der Waals surface area (Å²) in [6.07, 6.45) is 4.18. The normalized spacial score (nSPS) is 12.4. The third kappa shape index (κ3) is 3.09. The molecule has 2 aromatic rings. The van der Waals surface area contributed by atoms with Gasteiger partial charge >= 0.3 is 0 Å². The molecule has 0 atom stereocenters. The van der Waals surface area contributed by atoms with Gasteiger partial charge in [0.25, 0.3) is 0 Å². The first-order valence-corrected chi connectivity index (χ1v) is 9.55. The van der Waals surface area contributed by atoms with E-state index in [-0.39, 0.29) is 4.90 Å². The van der Waals surface area contributed by atoms with Crippen LogP contribution in [0.25, 0.3) is 11.0 Å². The van der Waals surface area contributed by atoms with Crippen molar-refractivity contribution in [3.05, 3.63) is 18.2 Å². The molecule has 0 aliphatic heterocycles. The van der Waals surface area contributed by atoms with E-state index < -0.39 is 10.0 Å². The van der Waals surface area contributed by atoms with Crippen LogP contribution in [0.2, 0.25) is 0 Å². The average molecular weight is 327 g/mol. The van der Waals surface area contributed by atoms with Gasteiger partial charge in [-0.25, -0.2) is 17.7 Å². The van der Waals surface area contributed by atoms with Gasteiger partial charge in [0, 0.05) is 20.6 Å². The van der Waals surface area contributed by atoms with Crippen molar-refractivity contribution in [2.45, 2.75) is 36.4 Å². The number of fused-ring (bicyclic) bond motifs is 1. The summed E-state index contributed by atoms with van der Waals surface area (Å²) >= 11 is 1.58. The van der Waals surface area contributed by atoms with Gasteiger partial charge < -0.3 is 4.57 Å². The topological polar surface area (TPSA) is 55.2 Å². The summed E-state index contributed by atoms with van der Waals surface area (Å²) in [5.41, 5.74) is 1.73. The number of aromatic nitrogens is 2. The molecule has 1 heterocycles. The van der Waals surface area contributed by atoms with Crippen LogP contribution in [0.1, 0.15) is 19.8 Å². The van der Waals surface area contributed by atoms with Gasteiger partial charge in [-0.15, -0.1) is 0 Å². The van der Waals surface area contributed by atoms with Gasteiger partial charge in [-0.05, 0) is 30.9 Å². The molecule has 0 fully saturated rings.